The van der Waals surface area contributed by atoms with Crippen LogP contribution < -0.4 is 0 Å². The second kappa shape index (κ2) is 7.63. The molecule has 0 aromatic rings. The molecule has 35 heavy (non-hydrogen) atoms. The lowest BCUT2D eigenvalue weighted by Crippen LogP contribution is -2.50. The van der Waals surface area contributed by atoms with Crippen molar-refractivity contribution in [2.45, 2.75) is 20.8 Å². The molecule has 0 amide bonds. The molecule has 0 aromatic carbocycles. The molecule has 0 saturated carbocycles. The normalized spacial score (nSPS) is 32.2. The Hall–Kier alpha value is -3.75. The average molecular weight is 482 g/mol. The van der Waals surface area contributed by atoms with Crippen LogP contribution in [0, 0.1) is 22.2 Å². The zero-order valence-corrected chi connectivity index (χ0v) is 20.6. The van der Waals surface area contributed by atoms with E-state index < -0.39 is 46.0 Å². The van der Waals surface area contributed by atoms with E-state index in [1.807, 2.05) is 0 Å². The van der Waals surface area contributed by atoms with E-state index in [0.29, 0.717) is 23.0 Å². The van der Waals surface area contributed by atoms with Crippen LogP contribution in [0.1, 0.15) is 20.8 Å². The van der Waals surface area contributed by atoms with Gasteiger partial charge in [-0.25, -0.2) is 19.2 Å². The second-order valence-electron chi connectivity index (χ2n) is 9.14. The van der Waals surface area contributed by atoms with Crippen molar-refractivity contribution in [1.29, 1.82) is 0 Å². The minimum absolute atomic E-state index is 0.000341. The van der Waals surface area contributed by atoms with Crippen LogP contribution in [-0.2, 0) is 42.9 Å². The van der Waals surface area contributed by atoms with Crippen LogP contribution in [0.2, 0.25) is 0 Å². The van der Waals surface area contributed by atoms with Crippen LogP contribution in [0.3, 0.4) is 0 Å². The monoisotopic (exact) mass is 482 g/mol. The van der Waals surface area contributed by atoms with Gasteiger partial charge in [0, 0.05) is 5.92 Å². The van der Waals surface area contributed by atoms with E-state index in [-0.39, 0.29) is 22.3 Å². The van der Waals surface area contributed by atoms with Crippen LogP contribution in [0.5, 0.6) is 0 Å². The fraction of sp³-hybridized carbons (Fsp3) is 0.423. The molecule has 0 aromatic heterocycles. The van der Waals surface area contributed by atoms with E-state index in [9.17, 15) is 24.0 Å². The molecule has 5 aliphatic rings. The van der Waals surface area contributed by atoms with Gasteiger partial charge in [-0.05, 0) is 20.8 Å². The van der Waals surface area contributed by atoms with Crippen LogP contribution >= 0.6 is 0 Å². The number of hydrogen-bond donors (Lipinski definition) is 0. The molecule has 184 valence electrons. The van der Waals surface area contributed by atoms with E-state index in [4.69, 9.17) is 18.9 Å². The Morgan fingerprint density at radius 1 is 0.714 bits per heavy atom. The molecule has 4 bridgehead atoms. The molecule has 0 saturated heterocycles. The predicted octanol–water partition coefficient (Wildman–Crippen LogP) is 1.94. The summed E-state index contributed by atoms with van der Waals surface area (Å²) in [6.07, 6.45) is 5.55. The van der Waals surface area contributed by atoms with E-state index in [1.165, 1.54) is 7.11 Å². The van der Waals surface area contributed by atoms with Gasteiger partial charge in [0.2, 0.25) is 0 Å². The summed E-state index contributed by atoms with van der Waals surface area (Å²) in [6, 6.07) is 0. The highest BCUT2D eigenvalue weighted by Gasteiger charge is 2.80. The average Bonchev–Trinajstić information content (AvgIpc) is 3.06. The van der Waals surface area contributed by atoms with Crippen molar-refractivity contribution in [2.75, 3.05) is 28.4 Å². The molecule has 4 atom stereocenters. The van der Waals surface area contributed by atoms with Gasteiger partial charge in [-0.15, -0.1) is 0 Å². The number of allylic oxidation sites excluding steroid dienone is 6. The number of hydrogen-bond acceptors (Lipinski definition) is 9. The highest BCUT2D eigenvalue weighted by atomic mass is 16.5. The minimum Gasteiger partial charge on any atom is -0.466 e. The second-order valence-corrected chi connectivity index (χ2v) is 9.14. The van der Waals surface area contributed by atoms with E-state index in [0.717, 1.165) is 21.3 Å². The quantitative estimate of drug-likeness (QED) is 0.250. The zero-order valence-electron chi connectivity index (χ0n) is 20.6. The third-order valence-electron chi connectivity index (χ3n) is 7.91. The Labute approximate surface area is 202 Å². The van der Waals surface area contributed by atoms with Crippen molar-refractivity contribution in [2.24, 2.45) is 22.2 Å². The molecular weight excluding hydrogens is 456 g/mol. The Morgan fingerprint density at radius 2 is 1.20 bits per heavy atom. The largest absolute Gasteiger partial charge is 0.466 e. The van der Waals surface area contributed by atoms with Crippen molar-refractivity contribution < 1.29 is 42.9 Å². The molecule has 1 spiro atoms. The third kappa shape index (κ3) is 2.40. The lowest BCUT2D eigenvalue weighted by molar-refractivity contribution is -0.142. The lowest BCUT2D eigenvalue weighted by atomic mass is 9.51. The number of methoxy groups -OCH3 is 4. The van der Waals surface area contributed by atoms with E-state index in [2.05, 4.69) is 0 Å². The molecule has 5 rings (SSSR count). The van der Waals surface area contributed by atoms with E-state index in [1.54, 1.807) is 39.0 Å². The molecule has 9 heteroatoms. The van der Waals surface area contributed by atoms with Gasteiger partial charge in [0.05, 0.1) is 67.0 Å². The summed E-state index contributed by atoms with van der Waals surface area (Å²) in [5, 5.41) is 0. The standard InChI is InChI=1S/C26H26O9/c1-12-8-25-14(3)10-24(11-27,18(22(30)34-6)19(25)23(31)35-7)26(25)9-13(2)15(12)16(20(28)32-4)17(26)21(29)33-5/h8-11,15H,1-7H3. The fourth-order valence-corrected chi connectivity index (χ4v) is 6.93. The number of aldehydes is 1. The van der Waals surface area contributed by atoms with Gasteiger partial charge in [-0.2, -0.15) is 0 Å². The van der Waals surface area contributed by atoms with Crippen molar-refractivity contribution in [3.63, 3.8) is 0 Å². The molecule has 0 aliphatic heterocycles. The fourth-order valence-electron chi connectivity index (χ4n) is 6.93. The maximum atomic E-state index is 13.5. The van der Waals surface area contributed by atoms with E-state index >= 15 is 0 Å². The molecular formula is C26H26O9. The van der Waals surface area contributed by atoms with Gasteiger partial charge < -0.3 is 23.7 Å². The van der Waals surface area contributed by atoms with Gasteiger partial charge in [-0.3, -0.25) is 0 Å². The number of ether oxygens (including phenoxy) is 4. The van der Waals surface area contributed by atoms with Crippen LogP contribution in [0.15, 0.2) is 57.2 Å². The molecule has 0 radical (unpaired) electrons. The Kier molecular flexibility index (Phi) is 5.31. The highest BCUT2D eigenvalue weighted by Crippen LogP contribution is 2.79. The van der Waals surface area contributed by atoms with Gasteiger partial charge in [0.15, 0.2) is 0 Å². The van der Waals surface area contributed by atoms with Crippen LogP contribution in [-0.4, -0.2) is 58.6 Å². The van der Waals surface area contributed by atoms with Gasteiger partial charge in [0.1, 0.15) is 6.29 Å². The first-order valence-electron chi connectivity index (χ1n) is 10.9. The summed E-state index contributed by atoms with van der Waals surface area (Å²) >= 11 is 0. The predicted molar refractivity (Wildman–Crippen MR) is 120 cm³/mol. The molecule has 9 nitrogen and oxygen atoms in total. The summed E-state index contributed by atoms with van der Waals surface area (Å²) in [4.78, 5) is 66.5. The van der Waals surface area contributed by atoms with Crippen molar-refractivity contribution in [3.8, 4) is 0 Å². The highest BCUT2D eigenvalue weighted by molar-refractivity contribution is 6.14. The Balaban J connectivity index is 2.35. The zero-order chi connectivity index (χ0) is 26.1. The molecule has 4 unspecified atom stereocenters. The molecule has 0 fully saturated rings. The van der Waals surface area contributed by atoms with Gasteiger partial charge in [-0.1, -0.05) is 34.9 Å². The summed E-state index contributed by atoms with van der Waals surface area (Å²) in [6.45, 7) is 5.23. The van der Waals surface area contributed by atoms with Crippen LogP contribution in [0.25, 0.3) is 0 Å². The summed E-state index contributed by atoms with van der Waals surface area (Å²) in [5.74, 6) is -4.11. The summed E-state index contributed by atoms with van der Waals surface area (Å²) in [5.41, 5.74) is -3.78. The first kappa shape index (κ1) is 24.4. The first-order valence-corrected chi connectivity index (χ1v) is 10.9. The van der Waals surface area contributed by atoms with Crippen molar-refractivity contribution in [3.05, 3.63) is 57.2 Å². The molecule has 0 heterocycles. The summed E-state index contributed by atoms with van der Waals surface area (Å²) < 4.78 is 20.3. The van der Waals surface area contributed by atoms with Gasteiger partial charge >= 0.3 is 23.9 Å². The number of esters is 4. The molecule has 5 aliphatic carbocycles. The third-order valence-corrected chi connectivity index (χ3v) is 7.91. The van der Waals surface area contributed by atoms with Crippen molar-refractivity contribution >= 4 is 30.2 Å². The van der Waals surface area contributed by atoms with Gasteiger partial charge in [0.25, 0.3) is 0 Å². The Bertz CT molecular complexity index is 1270. The smallest absolute Gasteiger partial charge is 0.335 e. The Morgan fingerprint density at radius 3 is 1.71 bits per heavy atom. The van der Waals surface area contributed by atoms with Crippen molar-refractivity contribution in [1.82, 2.24) is 0 Å². The SMILES string of the molecule is COC(=O)C1=C(C(=O)OC)C23C=C(C)C1C(C)=CC21C(C)=CC3(C=O)C(C(=O)OC)=C1C(=O)OC. The number of rotatable bonds is 5. The van der Waals surface area contributed by atoms with Crippen LogP contribution in [0.4, 0.5) is 0 Å². The molecule has 0 N–H and O–H groups in total. The maximum Gasteiger partial charge on any atom is 0.335 e. The maximum absolute atomic E-state index is 13.5. The number of carbonyl (C=O) groups excluding carboxylic acids is 5. The minimum atomic E-state index is -1.87. The number of carbonyl (C=O) groups is 5. The summed E-state index contributed by atoms with van der Waals surface area (Å²) in [7, 11) is 4.64. The first-order chi connectivity index (χ1) is 16.5. The lowest BCUT2D eigenvalue weighted by Gasteiger charge is -2.47. The topological polar surface area (TPSA) is 122 Å².